The van der Waals surface area contributed by atoms with Crippen molar-refractivity contribution < 1.29 is 22.7 Å². The molecule has 0 bridgehead atoms. The number of amides is 1. The van der Waals surface area contributed by atoms with Crippen molar-refractivity contribution >= 4 is 21.7 Å². The molecule has 176 valence electrons. The minimum Gasteiger partial charge on any atom is -0.492 e. The second-order valence-corrected chi connectivity index (χ2v) is 11.6. The maximum atomic E-state index is 13.1. The Morgan fingerprint density at radius 2 is 1.79 bits per heavy atom. The Kier molecular flexibility index (Phi) is 6.27. The van der Waals surface area contributed by atoms with Crippen molar-refractivity contribution in [1.29, 1.82) is 0 Å². The van der Waals surface area contributed by atoms with E-state index in [-0.39, 0.29) is 23.9 Å². The van der Waals surface area contributed by atoms with Gasteiger partial charge in [0.1, 0.15) is 5.75 Å². The molecule has 0 unspecified atom stereocenters. The van der Waals surface area contributed by atoms with Gasteiger partial charge < -0.3 is 4.74 Å². The third-order valence-corrected chi connectivity index (χ3v) is 7.82. The first-order valence-electron chi connectivity index (χ1n) is 10.9. The lowest BCUT2D eigenvalue weighted by molar-refractivity contribution is 0.0829. The normalized spacial score (nSPS) is 15.9. The highest BCUT2D eigenvalue weighted by atomic mass is 32.2. The molecule has 8 heteroatoms. The third-order valence-electron chi connectivity index (χ3n) is 5.76. The van der Waals surface area contributed by atoms with Gasteiger partial charge in [-0.05, 0) is 62.2 Å². The lowest BCUT2D eigenvalue weighted by Crippen LogP contribution is -2.42. The molecule has 7 nitrogen and oxygen atoms in total. The highest BCUT2D eigenvalue weighted by molar-refractivity contribution is 7.91. The van der Waals surface area contributed by atoms with Crippen molar-refractivity contribution in [2.75, 3.05) is 6.61 Å². The van der Waals surface area contributed by atoms with Crippen molar-refractivity contribution in [3.8, 4) is 16.9 Å². The van der Waals surface area contributed by atoms with Crippen molar-refractivity contribution in [3.63, 3.8) is 0 Å². The maximum absolute atomic E-state index is 13.1. The number of carbonyl (C=O) groups is 2. The number of aromatic nitrogens is 1. The van der Waals surface area contributed by atoms with Gasteiger partial charge in [-0.15, -0.1) is 0 Å². The number of ketones is 1. The van der Waals surface area contributed by atoms with Crippen LogP contribution in [0.4, 0.5) is 0 Å². The van der Waals surface area contributed by atoms with Gasteiger partial charge in [0.25, 0.3) is 5.91 Å². The molecule has 0 radical (unpaired) electrons. The number of Topliss-reactive ketones (excluding diaryl/α,β-unsaturated/α-hetero) is 1. The molecular weight excluding hydrogens is 452 g/mol. The maximum Gasteiger partial charge on any atom is 0.265 e. The van der Waals surface area contributed by atoms with E-state index in [0.717, 1.165) is 5.69 Å². The van der Waals surface area contributed by atoms with Crippen LogP contribution in [0.5, 0.6) is 5.75 Å². The van der Waals surface area contributed by atoms with Gasteiger partial charge in [-0.1, -0.05) is 30.3 Å². The van der Waals surface area contributed by atoms with E-state index in [1.165, 1.54) is 20.8 Å². The van der Waals surface area contributed by atoms with E-state index < -0.39 is 20.7 Å². The van der Waals surface area contributed by atoms with Gasteiger partial charge in [0.15, 0.2) is 5.78 Å². The van der Waals surface area contributed by atoms with Gasteiger partial charge in [0.2, 0.25) is 10.0 Å². The SMILES string of the molecule is CC(C)(C)S(=O)(=O)NC(=O)c1ccccc1-c1ccc2c(c1)OC[C@@H](Cc1ccccn1)C2=O. The van der Waals surface area contributed by atoms with Crippen molar-refractivity contribution in [2.45, 2.75) is 31.9 Å². The zero-order valence-electron chi connectivity index (χ0n) is 19.2. The van der Waals surface area contributed by atoms with Crippen molar-refractivity contribution in [1.82, 2.24) is 9.71 Å². The van der Waals surface area contributed by atoms with Gasteiger partial charge in [-0.25, -0.2) is 13.1 Å². The quantitative estimate of drug-likeness (QED) is 0.594. The molecule has 0 saturated heterocycles. The Bertz CT molecular complexity index is 1350. The van der Waals surface area contributed by atoms with Gasteiger partial charge in [0.05, 0.1) is 22.8 Å². The number of ether oxygens (including phenoxy) is 1. The number of nitrogens with zero attached hydrogens (tertiary/aromatic N) is 1. The fourth-order valence-corrected chi connectivity index (χ4v) is 4.34. The summed E-state index contributed by atoms with van der Waals surface area (Å²) in [5.74, 6) is -0.609. The summed E-state index contributed by atoms with van der Waals surface area (Å²) in [5, 5.41) is 0. The standard InChI is InChI=1S/C26H26N2O5S/c1-26(2,3)34(31,32)28-25(30)21-10-5-4-9-20(21)17-11-12-22-23(15-17)33-16-18(24(22)29)14-19-8-6-7-13-27-19/h4-13,15,18H,14,16H2,1-3H3,(H,28,30)/t18-/m1/s1. The molecule has 1 atom stereocenters. The van der Waals surface area contributed by atoms with Crippen LogP contribution in [-0.4, -0.2) is 36.4 Å². The molecule has 1 aliphatic rings. The molecule has 1 aromatic heterocycles. The number of sulfonamides is 1. The number of fused-ring (bicyclic) bond motifs is 1. The summed E-state index contributed by atoms with van der Waals surface area (Å²) in [6.45, 7) is 4.80. The summed E-state index contributed by atoms with van der Waals surface area (Å²) in [7, 11) is -3.87. The second kappa shape index (κ2) is 9.02. The van der Waals surface area contributed by atoms with E-state index in [9.17, 15) is 18.0 Å². The van der Waals surface area contributed by atoms with Crippen LogP contribution in [0, 0.1) is 5.92 Å². The number of pyridine rings is 1. The Balaban J connectivity index is 1.61. The number of hydrogen-bond donors (Lipinski definition) is 1. The monoisotopic (exact) mass is 478 g/mol. The molecular formula is C26H26N2O5S. The number of nitrogens with one attached hydrogen (secondary N) is 1. The smallest absolute Gasteiger partial charge is 0.265 e. The Labute approximate surface area is 199 Å². The largest absolute Gasteiger partial charge is 0.492 e. The van der Waals surface area contributed by atoms with Gasteiger partial charge in [0, 0.05) is 23.9 Å². The summed E-state index contributed by atoms with van der Waals surface area (Å²) in [6, 6.07) is 17.5. The van der Waals surface area contributed by atoms with E-state index in [4.69, 9.17) is 4.74 Å². The molecule has 0 saturated carbocycles. The van der Waals surface area contributed by atoms with Gasteiger partial charge in [-0.3, -0.25) is 14.6 Å². The molecule has 0 aliphatic carbocycles. The van der Waals surface area contributed by atoms with Gasteiger partial charge in [-0.2, -0.15) is 0 Å². The minimum atomic E-state index is -3.87. The predicted octanol–water partition coefficient (Wildman–Crippen LogP) is 4.04. The highest BCUT2D eigenvalue weighted by Gasteiger charge is 2.32. The molecule has 3 aromatic rings. The van der Waals surface area contributed by atoms with Crippen molar-refractivity contribution in [3.05, 3.63) is 83.7 Å². The average Bonchev–Trinajstić information content (AvgIpc) is 2.80. The van der Waals surface area contributed by atoms with Crippen molar-refractivity contribution in [2.24, 2.45) is 5.92 Å². The van der Waals surface area contributed by atoms with E-state index in [2.05, 4.69) is 9.71 Å². The van der Waals surface area contributed by atoms with Crippen LogP contribution >= 0.6 is 0 Å². The van der Waals surface area contributed by atoms with Crippen LogP contribution in [0.25, 0.3) is 11.1 Å². The fourth-order valence-electron chi connectivity index (χ4n) is 3.68. The number of hydrogen-bond acceptors (Lipinski definition) is 6. The molecule has 34 heavy (non-hydrogen) atoms. The Hall–Kier alpha value is -3.52. The molecule has 2 aromatic carbocycles. The third kappa shape index (κ3) is 4.72. The first kappa shape index (κ1) is 23.6. The minimum absolute atomic E-state index is 0.0132. The summed E-state index contributed by atoms with van der Waals surface area (Å²) in [5.41, 5.74) is 2.71. The lowest BCUT2D eigenvalue weighted by Gasteiger charge is -2.24. The molecule has 4 rings (SSSR count). The van der Waals surface area contributed by atoms with E-state index >= 15 is 0 Å². The lowest BCUT2D eigenvalue weighted by atomic mass is 9.89. The topological polar surface area (TPSA) is 102 Å². The summed E-state index contributed by atoms with van der Waals surface area (Å²) < 4.78 is 31.9. The van der Waals surface area contributed by atoms with Crippen LogP contribution in [0.3, 0.4) is 0 Å². The first-order chi connectivity index (χ1) is 16.1. The van der Waals surface area contributed by atoms with Crippen LogP contribution in [0.1, 0.15) is 47.2 Å². The zero-order chi connectivity index (χ0) is 24.5. The van der Waals surface area contributed by atoms with Gasteiger partial charge >= 0.3 is 0 Å². The zero-order valence-corrected chi connectivity index (χ0v) is 20.1. The van der Waals surface area contributed by atoms with Crippen LogP contribution in [0.2, 0.25) is 0 Å². The Morgan fingerprint density at radius 1 is 1.06 bits per heavy atom. The molecule has 2 heterocycles. The summed E-state index contributed by atoms with van der Waals surface area (Å²) >= 11 is 0. The van der Waals surface area contributed by atoms with E-state index in [0.29, 0.717) is 28.9 Å². The van der Waals surface area contributed by atoms with Crippen LogP contribution < -0.4 is 9.46 Å². The number of rotatable bonds is 5. The summed E-state index contributed by atoms with van der Waals surface area (Å²) in [6.07, 6.45) is 2.19. The molecule has 0 fully saturated rings. The molecule has 0 spiro atoms. The molecule has 1 amide bonds. The molecule has 1 aliphatic heterocycles. The van der Waals surface area contributed by atoms with Crippen LogP contribution in [-0.2, 0) is 16.4 Å². The predicted molar refractivity (Wildman–Crippen MR) is 129 cm³/mol. The van der Waals surface area contributed by atoms with E-state index in [1.54, 1.807) is 48.7 Å². The number of carbonyl (C=O) groups excluding carboxylic acids is 2. The summed E-state index contributed by atoms with van der Waals surface area (Å²) in [4.78, 5) is 30.2. The van der Waals surface area contributed by atoms with E-state index in [1.807, 2.05) is 18.2 Å². The first-order valence-corrected chi connectivity index (χ1v) is 12.4. The Morgan fingerprint density at radius 3 is 2.50 bits per heavy atom. The average molecular weight is 479 g/mol. The van der Waals surface area contributed by atoms with Crippen LogP contribution in [0.15, 0.2) is 66.9 Å². The second-order valence-electron chi connectivity index (χ2n) is 9.20. The number of benzene rings is 2. The highest BCUT2D eigenvalue weighted by Crippen LogP contribution is 2.34. The molecule has 1 N–H and O–H groups in total. The fraction of sp³-hybridized carbons (Fsp3) is 0.269.